The van der Waals surface area contributed by atoms with Crippen LogP contribution in [0.3, 0.4) is 0 Å². The van der Waals surface area contributed by atoms with E-state index < -0.39 is 0 Å². The van der Waals surface area contributed by atoms with E-state index in [1.807, 2.05) is 0 Å². The molecule has 0 aliphatic carbocycles. The van der Waals surface area contributed by atoms with Crippen molar-refractivity contribution in [3.63, 3.8) is 0 Å². The van der Waals surface area contributed by atoms with Crippen LogP contribution in [0, 0.1) is 0 Å². The van der Waals surface area contributed by atoms with Gasteiger partial charge in [-0.1, -0.05) is 13.3 Å². The second kappa shape index (κ2) is 7.21. The van der Waals surface area contributed by atoms with E-state index in [-0.39, 0.29) is 0 Å². The van der Waals surface area contributed by atoms with Gasteiger partial charge in [-0.25, -0.2) is 0 Å². The maximum Gasteiger partial charge on any atom is 0.110 e. The van der Waals surface area contributed by atoms with Crippen LogP contribution in [0.25, 0.3) is 0 Å². The van der Waals surface area contributed by atoms with E-state index in [1.54, 1.807) is 0 Å². The quantitative estimate of drug-likeness (QED) is 0.702. The van der Waals surface area contributed by atoms with E-state index >= 15 is 0 Å². The number of nitrogens with zero attached hydrogens (tertiary/aromatic N) is 1. The lowest BCUT2D eigenvalue weighted by molar-refractivity contribution is -0.0646. The van der Waals surface area contributed by atoms with Gasteiger partial charge in [0.25, 0.3) is 0 Å². The number of rotatable bonds is 6. The van der Waals surface area contributed by atoms with E-state index in [4.69, 9.17) is 4.74 Å². The van der Waals surface area contributed by atoms with Crippen molar-refractivity contribution in [3.8, 4) is 0 Å². The highest BCUT2D eigenvalue weighted by molar-refractivity contribution is 4.71. The highest BCUT2D eigenvalue weighted by Crippen LogP contribution is 2.11. The zero-order valence-corrected chi connectivity index (χ0v) is 9.59. The van der Waals surface area contributed by atoms with E-state index in [0.717, 1.165) is 32.8 Å². The molecule has 0 amide bonds. The van der Waals surface area contributed by atoms with Gasteiger partial charge in [-0.05, 0) is 19.8 Å². The van der Waals surface area contributed by atoms with Crippen LogP contribution in [-0.4, -0.2) is 43.9 Å². The summed E-state index contributed by atoms with van der Waals surface area (Å²) in [6.45, 7) is 9.63. The highest BCUT2D eigenvalue weighted by atomic mass is 16.5. The zero-order valence-electron chi connectivity index (χ0n) is 9.59. The van der Waals surface area contributed by atoms with E-state index in [0.29, 0.717) is 6.23 Å². The fourth-order valence-electron chi connectivity index (χ4n) is 1.91. The molecule has 0 aromatic heterocycles. The van der Waals surface area contributed by atoms with Crippen molar-refractivity contribution >= 4 is 0 Å². The topological polar surface area (TPSA) is 24.5 Å². The Kier molecular flexibility index (Phi) is 6.15. The second-order valence-corrected chi connectivity index (χ2v) is 3.84. The van der Waals surface area contributed by atoms with E-state index in [2.05, 4.69) is 24.1 Å². The Balaban J connectivity index is 2.30. The maximum atomic E-state index is 5.78. The minimum absolute atomic E-state index is 0.363. The molecule has 1 saturated heterocycles. The molecular formula is C11H24N2O. The molecular weight excluding hydrogens is 176 g/mol. The number of hydrogen-bond donors (Lipinski definition) is 1. The first-order chi connectivity index (χ1) is 6.88. The minimum atomic E-state index is 0.363. The van der Waals surface area contributed by atoms with Gasteiger partial charge in [-0.15, -0.1) is 0 Å². The summed E-state index contributed by atoms with van der Waals surface area (Å²) in [5.41, 5.74) is 0. The standard InChI is InChI=1S/C11H24N2O/c1-3-5-6-11(14-4-2)13-9-7-12-8-10-13/h11-12H,3-10H2,1-2H3. The van der Waals surface area contributed by atoms with Gasteiger partial charge >= 0.3 is 0 Å². The summed E-state index contributed by atoms with van der Waals surface area (Å²) in [5, 5.41) is 3.37. The largest absolute Gasteiger partial charge is 0.363 e. The number of ether oxygens (including phenoxy) is 1. The molecule has 0 spiro atoms. The Bertz CT molecular complexity index is 135. The van der Waals surface area contributed by atoms with Crippen molar-refractivity contribution in [3.05, 3.63) is 0 Å². The van der Waals surface area contributed by atoms with Crippen LogP contribution in [0.15, 0.2) is 0 Å². The highest BCUT2D eigenvalue weighted by Gasteiger charge is 2.19. The molecule has 0 aromatic rings. The summed E-state index contributed by atoms with van der Waals surface area (Å²) in [6.07, 6.45) is 4.08. The summed E-state index contributed by atoms with van der Waals surface area (Å²) < 4.78 is 5.78. The number of hydrogen-bond acceptors (Lipinski definition) is 3. The summed E-state index contributed by atoms with van der Waals surface area (Å²) in [4.78, 5) is 2.47. The predicted molar refractivity (Wildman–Crippen MR) is 59.4 cm³/mol. The molecule has 14 heavy (non-hydrogen) atoms. The van der Waals surface area contributed by atoms with Crippen LogP contribution in [0.4, 0.5) is 0 Å². The molecule has 0 radical (unpaired) electrons. The van der Waals surface area contributed by atoms with E-state index in [9.17, 15) is 0 Å². The Hall–Kier alpha value is -0.120. The van der Waals surface area contributed by atoms with Gasteiger partial charge in [0.05, 0.1) is 0 Å². The van der Waals surface area contributed by atoms with Gasteiger partial charge < -0.3 is 10.1 Å². The monoisotopic (exact) mass is 200 g/mol. The zero-order chi connectivity index (χ0) is 10.2. The number of piperazine rings is 1. The molecule has 1 aliphatic heterocycles. The van der Waals surface area contributed by atoms with Crippen molar-refractivity contribution in [2.75, 3.05) is 32.8 Å². The predicted octanol–water partition coefficient (Wildman–Crippen LogP) is 1.44. The Morgan fingerprint density at radius 2 is 2.00 bits per heavy atom. The molecule has 0 saturated carbocycles. The van der Waals surface area contributed by atoms with Crippen molar-refractivity contribution < 1.29 is 4.74 Å². The number of unbranched alkanes of at least 4 members (excludes halogenated alkanes) is 1. The lowest BCUT2D eigenvalue weighted by atomic mass is 10.2. The molecule has 1 heterocycles. The normalized spacial score (nSPS) is 21.0. The number of nitrogens with one attached hydrogen (secondary N) is 1. The fraction of sp³-hybridized carbons (Fsp3) is 1.00. The summed E-state index contributed by atoms with van der Waals surface area (Å²) in [6, 6.07) is 0. The van der Waals surface area contributed by atoms with Crippen LogP contribution < -0.4 is 5.32 Å². The van der Waals surface area contributed by atoms with Crippen LogP contribution in [0.2, 0.25) is 0 Å². The van der Waals surface area contributed by atoms with Crippen LogP contribution >= 0.6 is 0 Å². The Morgan fingerprint density at radius 1 is 1.29 bits per heavy atom. The SMILES string of the molecule is CCCCC(OCC)N1CCNCC1. The molecule has 0 bridgehead atoms. The molecule has 1 N–H and O–H groups in total. The van der Waals surface area contributed by atoms with Crippen LogP contribution in [-0.2, 0) is 4.74 Å². The van der Waals surface area contributed by atoms with Gasteiger partial charge in [0.1, 0.15) is 6.23 Å². The fourth-order valence-corrected chi connectivity index (χ4v) is 1.91. The first kappa shape index (κ1) is 12.0. The second-order valence-electron chi connectivity index (χ2n) is 3.84. The molecule has 3 heteroatoms. The van der Waals surface area contributed by atoms with Gasteiger partial charge in [-0.2, -0.15) is 0 Å². The summed E-state index contributed by atoms with van der Waals surface area (Å²) in [5.74, 6) is 0. The summed E-state index contributed by atoms with van der Waals surface area (Å²) >= 11 is 0. The van der Waals surface area contributed by atoms with Crippen molar-refractivity contribution in [1.82, 2.24) is 10.2 Å². The minimum Gasteiger partial charge on any atom is -0.363 e. The first-order valence-corrected chi connectivity index (χ1v) is 5.94. The molecule has 1 unspecified atom stereocenters. The lowest BCUT2D eigenvalue weighted by Crippen LogP contribution is -2.49. The van der Waals surface area contributed by atoms with Gasteiger partial charge in [0.2, 0.25) is 0 Å². The average Bonchev–Trinajstić information content (AvgIpc) is 2.25. The molecule has 1 fully saturated rings. The van der Waals surface area contributed by atoms with Crippen molar-refractivity contribution in [2.45, 2.75) is 39.3 Å². The molecule has 0 aromatic carbocycles. The Morgan fingerprint density at radius 3 is 2.57 bits per heavy atom. The average molecular weight is 200 g/mol. The Labute approximate surface area is 87.8 Å². The first-order valence-electron chi connectivity index (χ1n) is 5.94. The third-order valence-electron chi connectivity index (χ3n) is 2.72. The maximum absolute atomic E-state index is 5.78. The third-order valence-corrected chi connectivity index (χ3v) is 2.72. The van der Waals surface area contributed by atoms with Crippen LogP contribution in [0.1, 0.15) is 33.1 Å². The van der Waals surface area contributed by atoms with E-state index in [1.165, 1.54) is 19.3 Å². The van der Waals surface area contributed by atoms with Gasteiger partial charge in [0.15, 0.2) is 0 Å². The molecule has 84 valence electrons. The van der Waals surface area contributed by atoms with Gasteiger partial charge in [-0.3, -0.25) is 4.90 Å². The summed E-state index contributed by atoms with van der Waals surface area (Å²) in [7, 11) is 0. The molecule has 3 nitrogen and oxygen atoms in total. The smallest absolute Gasteiger partial charge is 0.110 e. The molecule has 1 rings (SSSR count). The van der Waals surface area contributed by atoms with Gasteiger partial charge in [0, 0.05) is 32.8 Å². The van der Waals surface area contributed by atoms with Crippen molar-refractivity contribution in [1.29, 1.82) is 0 Å². The van der Waals surface area contributed by atoms with Crippen molar-refractivity contribution in [2.24, 2.45) is 0 Å². The lowest BCUT2D eigenvalue weighted by Gasteiger charge is -2.34. The molecule has 1 atom stereocenters. The van der Waals surface area contributed by atoms with Crippen LogP contribution in [0.5, 0.6) is 0 Å². The third kappa shape index (κ3) is 3.95. The molecule has 1 aliphatic rings.